The summed E-state index contributed by atoms with van der Waals surface area (Å²) in [6.45, 7) is 4.01. The molecule has 0 radical (unpaired) electrons. The Balaban J connectivity index is 2.65. The molecule has 5 heteroatoms. The van der Waals surface area contributed by atoms with Crippen molar-refractivity contribution in [1.29, 1.82) is 0 Å². The molecule has 0 aliphatic carbocycles. The van der Waals surface area contributed by atoms with Crippen LogP contribution < -0.4 is 0 Å². The SMILES string of the molecule is CC(C)COC(=O)CS(=O)(=O)c1ccccc1. The number of hydrogen-bond acceptors (Lipinski definition) is 4. The van der Waals surface area contributed by atoms with E-state index in [1.165, 1.54) is 12.1 Å². The van der Waals surface area contributed by atoms with Crippen LogP contribution in [0.25, 0.3) is 0 Å². The molecule has 0 bridgehead atoms. The van der Waals surface area contributed by atoms with Crippen molar-refractivity contribution in [1.82, 2.24) is 0 Å². The Morgan fingerprint density at radius 3 is 2.35 bits per heavy atom. The van der Waals surface area contributed by atoms with Gasteiger partial charge in [-0.2, -0.15) is 0 Å². The Bertz CT molecular complexity index is 463. The van der Waals surface area contributed by atoms with E-state index in [-0.39, 0.29) is 17.4 Å². The van der Waals surface area contributed by atoms with E-state index in [1.807, 2.05) is 13.8 Å². The molecule has 0 N–H and O–H groups in total. The lowest BCUT2D eigenvalue weighted by atomic mass is 10.2. The van der Waals surface area contributed by atoms with E-state index in [4.69, 9.17) is 4.74 Å². The predicted octanol–water partition coefficient (Wildman–Crippen LogP) is 1.66. The minimum Gasteiger partial charge on any atom is -0.465 e. The highest BCUT2D eigenvalue weighted by Gasteiger charge is 2.20. The maximum atomic E-state index is 11.8. The van der Waals surface area contributed by atoms with Crippen LogP contribution in [0.3, 0.4) is 0 Å². The molecule has 4 nitrogen and oxygen atoms in total. The van der Waals surface area contributed by atoms with E-state index < -0.39 is 21.6 Å². The first-order chi connectivity index (χ1) is 7.92. The van der Waals surface area contributed by atoms with Gasteiger partial charge in [0, 0.05) is 0 Å². The fourth-order valence-electron chi connectivity index (χ4n) is 1.17. The second-order valence-corrected chi connectivity index (χ2v) is 6.14. The van der Waals surface area contributed by atoms with Crippen LogP contribution in [0, 0.1) is 5.92 Å². The lowest BCUT2D eigenvalue weighted by Crippen LogP contribution is -2.20. The zero-order chi connectivity index (χ0) is 12.9. The summed E-state index contributed by atoms with van der Waals surface area (Å²) >= 11 is 0. The van der Waals surface area contributed by atoms with Crippen molar-refractivity contribution in [2.45, 2.75) is 18.7 Å². The average Bonchev–Trinajstić information content (AvgIpc) is 2.27. The maximum absolute atomic E-state index is 11.8. The number of carbonyl (C=O) groups is 1. The number of rotatable bonds is 5. The summed E-state index contributed by atoms with van der Waals surface area (Å²) in [5.74, 6) is -1.12. The summed E-state index contributed by atoms with van der Waals surface area (Å²) < 4.78 is 28.4. The van der Waals surface area contributed by atoms with Crippen LogP contribution in [0.5, 0.6) is 0 Å². The largest absolute Gasteiger partial charge is 0.465 e. The molecule has 0 fully saturated rings. The minimum atomic E-state index is -3.58. The molecule has 0 saturated heterocycles. The number of carbonyl (C=O) groups excluding carboxylic acids is 1. The summed E-state index contributed by atoms with van der Waals surface area (Å²) in [7, 11) is -3.58. The Morgan fingerprint density at radius 2 is 1.82 bits per heavy atom. The third-order valence-corrected chi connectivity index (χ3v) is 3.59. The quantitative estimate of drug-likeness (QED) is 0.752. The van der Waals surface area contributed by atoms with E-state index in [1.54, 1.807) is 18.2 Å². The Hall–Kier alpha value is -1.36. The Labute approximate surface area is 102 Å². The maximum Gasteiger partial charge on any atom is 0.321 e. The smallest absolute Gasteiger partial charge is 0.321 e. The molecule has 0 atom stereocenters. The van der Waals surface area contributed by atoms with E-state index in [0.717, 1.165) is 0 Å². The molecule has 0 aliphatic rings. The molecule has 0 saturated carbocycles. The van der Waals surface area contributed by atoms with Crippen molar-refractivity contribution in [2.75, 3.05) is 12.4 Å². The predicted molar refractivity (Wildman–Crippen MR) is 64.3 cm³/mol. The van der Waals surface area contributed by atoms with Crippen molar-refractivity contribution >= 4 is 15.8 Å². The molecule has 0 aliphatic heterocycles. The topological polar surface area (TPSA) is 60.4 Å². The summed E-state index contributed by atoms with van der Waals surface area (Å²) in [6.07, 6.45) is 0. The summed E-state index contributed by atoms with van der Waals surface area (Å²) in [6, 6.07) is 7.88. The molecule has 1 rings (SSSR count). The highest BCUT2D eigenvalue weighted by molar-refractivity contribution is 7.92. The van der Waals surface area contributed by atoms with Crippen LogP contribution in [-0.2, 0) is 19.4 Å². The highest BCUT2D eigenvalue weighted by atomic mass is 32.2. The first-order valence-corrected chi connectivity index (χ1v) is 7.00. The molecule has 1 aromatic carbocycles. The highest BCUT2D eigenvalue weighted by Crippen LogP contribution is 2.10. The van der Waals surface area contributed by atoms with E-state index >= 15 is 0 Å². The van der Waals surface area contributed by atoms with Crippen LogP contribution in [0.2, 0.25) is 0 Å². The number of esters is 1. The summed E-state index contributed by atoms with van der Waals surface area (Å²) in [5.41, 5.74) is 0. The standard InChI is InChI=1S/C12H16O4S/c1-10(2)8-16-12(13)9-17(14,15)11-6-4-3-5-7-11/h3-7,10H,8-9H2,1-2H3. The normalized spacial score (nSPS) is 11.5. The van der Waals surface area contributed by atoms with Crippen molar-refractivity contribution in [3.8, 4) is 0 Å². The molecule has 0 heterocycles. The minimum absolute atomic E-state index is 0.140. The van der Waals surface area contributed by atoms with Gasteiger partial charge >= 0.3 is 5.97 Å². The Morgan fingerprint density at radius 1 is 1.24 bits per heavy atom. The second-order valence-electron chi connectivity index (χ2n) is 4.15. The molecular formula is C12H16O4S. The second kappa shape index (κ2) is 5.82. The van der Waals surface area contributed by atoms with Gasteiger partial charge < -0.3 is 4.74 Å². The first kappa shape index (κ1) is 13.7. The van der Waals surface area contributed by atoms with Gasteiger partial charge in [-0.1, -0.05) is 32.0 Å². The third-order valence-electron chi connectivity index (χ3n) is 1.99. The van der Waals surface area contributed by atoms with Crippen LogP contribution in [0.4, 0.5) is 0 Å². The van der Waals surface area contributed by atoms with Crippen molar-refractivity contribution in [3.63, 3.8) is 0 Å². The van der Waals surface area contributed by atoms with Crippen LogP contribution in [-0.4, -0.2) is 26.7 Å². The molecule has 0 unspecified atom stereocenters. The van der Waals surface area contributed by atoms with Gasteiger partial charge in [0.1, 0.15) is 0 Å². The van der Waals surface area contributed by atoms with E-state index in [0.29, 0.717) is 0 Å². The van der Waals surface area contributed by atoms with Gasteiger partial charge in [-0.25, -0.2) is 8.42 Å². The van der Waals surface area contributed by atoms with Gasteiger partial charge in [-0.3, -0.25) is 4.79 Å². The zero-order valence-corrected chi connectivity index (χ0v) is 10.7. The van der Waals surface area contributed by atoms with Crippen LogP contribution >= 0.6 is 0 Å². The number of benzene rings is 1. The van der Waals surface area contributed by atoms with Crippen molar-refractivity contribution in [3.05, 3.63) is 30.3 Å². The monoisotopic (exact) mass is 256 g/mol. The molecule has 17 heavy (non-hydrogen) atoms. The fourth-order valence-corrected chi connectivity index (χ4v) is 2.30. The molecule has 0 aromatic heterocycles. The third kappa shape index (κ3) is 4.56. The lowest BCUT2D eigenvalue weighted by Gasteiger charge is -2.07. The Kier molecular flexibility index (Phi) is 4.69. The van der Waals surface area contributed by atoms with Crippen LogP contribution in [0.1, 0.15) is 13.8 Å². The average molecular weight is 256 g/mol. The van der Waals surface area contributed by atoms with Gasteiger partial charge in [0.2, 0.25) is 0 Å². The fraction of sp³-hybridized carbons (Fsp3) is 0.417. The number of sulfone groups is 1. The van der Waals surface area contributed by atoms with E-state index in [9.17, 15) is 13.2 Å². The molecule has 0 amide bonds. The molecule has 0 spiro atoms. The molecule has 1 aromatic rings. The number of hydrogen-bond donors (Lipinski definition) is 0. The summed E-state index contributed by atoms with van der Waals surface area (Å²) in [4.78, 5) is 11.5. The van der Waals surface area contributed by atoms with Gasteiger partial charge in [-0.05, 0) is 18.1 Å². The van der Waals surface area contributed by atoms with E-state index in [2.05, 4.69) is 0 Å². The van der Waals surface area contributed by atoms with Gasteiger partial charge in [-0.15, -0.1) is 0 Å². The molecular weight excluding hydrogens is 240 g/mol. The summed E-state index contributed by atoms with van der Waals surface area (Å²) in [5, 5.41) is 0. The van der Waals surface area contributed by atoms with Crippen molar-refractivity contribution < 1.29 is 17.9 Å². The van der Waals surface area contributed by atoms with Gasteiger partial charge in [0.15, 0.2) is 15.6 Å². The lowest BCUT2D eigenvalue weighted by molar-refractivity contribution is -0.141. The van der Waals surface area contributed by atoms with Crippen LogP contribution in [0.15, 0.2) is 35.2 Å². The zero-order valence-electron chi connectivity index (χ0n) is 9.92. The van der Waals surface area contributed by atoms with Gasteiger partial charge in [0.05, 0.1) is 11.5 Å². The first-order valence-electron chi connectivity index (χ1n) is 5.35. The van der Waals surface area contributed by atoms with Crippen molar-refractivity contribution in [2.24, 2.45) is 5.92 Å². The van der Waals surface area contributed by atoms with Gasteiger partial charge in [0.25, 0.3) is 0 Å². The number of ether oxygens (including phenoxy) is 1. The molecule has 94 valence electrons.